The van der Waals surface area contributed by atoms with Crippen LogP contribution in [-0.4, -0.2) is 24.2 Å². The van der Waals surface area contributed by atoms with Crippen LogP contribution in [0.5, 0.6) is 5.75 Å². The Bertz CT molecular complexity index is 1240. The number of aromatic nitrogens is 1. The van der Waals surface area contributed by atoms with Gasteiger partial charge in [0.25, 0.3) is 0 Å². The van der Waals surface area contributed by atoms with Crippen LogP contribution in [0.15, 0.2) is 66.9 Å². The van der Waals surface area contributed by atoms with Crippen molar-refractivity contribution in [2.24, 2.45) is 0 Å². The van der Waals surface area contributed by atoms with Gasteiger partial charge in [-0.15, -0.1) is 5.92 Å². The van der Waals surface area contributed by atoms with Crippen molar-refractivity contribution in [1.29, 1.82) is 0 Å². The lowest BCUT2D eigenvalue weighted by molar-refractivity contribution is -0.170. The lowest BCUT2D eigenvalue weighted by Crippen LogP contribution is -2.44. The van der Waals surface area contributed by atoms with Crippen LogP contribution in [0.2, 0.25) is 0 Å². The second kappa shape index (κ2) is 10.1. The number of hydrogen-bond donors (Lipinski definition) is 0. The largest absolute Gasteiger partial charge is 0.497 e. The minimum atomic E-state index is -5.30. The molecule has 4 nitrogen and oxygen atoms in total. The molecule has 0 spiro atoms. The van der Waals surface area contributed by atoms with Crippen molar-refractivity contribution < 1.29 is 35.9 Å². The van der Waals surface area contributed by atoms with Crippen LogP contribution < -0.4 is 9.64 Å². The number of halogens is 6. The summed E-state index contributed by atoms with van der Waals surface area (Å²) in [6, 6.07) is 10.2. The van der Waals surface area contributed by atoms with Crippen molar-refractivity contribution in [2.45, 2.75) is 25.3 Å². The maximum Gasteiger partial charge on any atom is 0.471 e. The number of amides is 1. The maximum atomic E-state index is 13.8. The molecule has 1 heterocycles. The summed E-state index contributed by atoms with van der Waals surface area (Å²) in [6.07, 6.45) is -8.65. The lowest BCUT2D eigenvalue weighted by Gasteiger charge is -2.33. The van der Waals surface area contributed by atoms with Crippen molar-refractivity contribution in [2.75, 3.05) is 12.0 Å². The van der Waals surface area contributed by atoms with Gasteiger partial charge < -0.3 is 4.74 Å². The van der Waals surface area contributed by atoms with Crippen LogP contribution in [0.4, 0.5) is 32.0 Å². The van der Waals surface area contributed by atoms with E-state index in [1.54, 1.807) is 0 Å². The van der Waals surface area contributed by atoms with Gasteiger partial charge in [0.15, 0.2) is 0 Å². The zero-order valence-electron chi connectivity index (χ0n) is 18.4. The molecule has 0 bridgehead atoms. The lowest BCUT2D eigenvalue weighted by atomic mass is 9.95. The molecule has 0 N–H and O–H groups in total. The minimum absolute atomic E-state index is 0.0238. The van der Waals surface area contributed by atoms with E-state index in [1.165, 1.54) is 56.6 Å². The predicted molar refractivity (Wildman–Crippen MR) is 117 cm³/mol. The molecule has 2 aromatic carbocycles. The highest BCUT2D eigenvalue weighted by Gasteiger charge is 2.47. The summed E-state index contributed by atoms with van der Waals surface area (Å²) < 4.78 is 85.8. The molecule has 10 heteroatoms. The molecule has 1 atom stereocenters. The van der Waals surface area contributed by atoms with Crippen LogP contribution in [0.1, 0.15) is 35.3 Å². The number of pyridine rings is 1. The Kier molecular flexibility index (Phi) is 7.39. The van der Waals surface area contributed by atoms with E-state index in [0.717, 1.165) is 24.3 Å². The molecule has 0 saturated heterocycles. The van der Waals surface area contributed by atoms with E-state index in [-0.39, 0.29) is 22.5 Å². The average molecular weight is 492 g/mol. The fourth-order valence-corrected chi connectivity index (χ4v) is 3.42. The number of ether oxygens (including phenoxy) is 1. The van der Waals surface area contributed by atoms with Gasteiger partial charge >= 0.3 is 18.3 Å². The standard InChI is InChI=1S/C25H18F6N2O2/c1-3-5-16-6-4-15-32-21(16)22(17-7-9-18(10-8-17)24(26,27)28)33(23(34)25(29,30)31)19-11-13-20(35-2)14-12-19/h4,6-15,22H,1-2H3. The monoisotopic (exact) mass is 492 g/mol. The third-order valence-electron chi connectivity index (χ3n) is 4.98. The minimum Gasteiger partial charge on any atom is -0.497 e. The summed E-state index contributed by atoms with van der Waals surface area (Å²) in [7, 11) is 1.36. The van der Waals surface area contributed by atoms with Gasteiger partial charge in [0.2, 0.25) is 0 Å². The molecule has 1 unspecified atom stereocenters. The van der Waals surface area contributed by atoms with Crippen molar-refractivity contribution >= 4 is 11.6 Å². The Morgan fingerprint density at radius 3 is 2.11 bits per heavy atom. The number of nitrogens with zero attached hydrogens (tertiary/aromatic N) is 2. The zero-order valence-corrected chi connectivity index (χ0v) is 18.4. The number of methoxy groups -OCH3 is 1. The summed E-state index contributed by atoms with van der Waals surface area (Å²) in [5, 5.41) is 0. The van der Waals surface area contributed by atoms with Gasteiger partial charge in [-0.1, -0.05) is 18.1 Å². The SMILES string of the molecule is CC#Cc1cccnc1C(c1ccc(C(F)(F)F)cc1)N(C(=O)C(F)(F)F)c1ccc(OC)cc1. The van der Waals surface area contributed by atoms with Crippen LogP contribution in [-0.2, 0) is 11.0 Å². The van der Waals surface area contributed by atoms with Gasteiger partial charge in [-0.05, 0) is 61.0 Å². The number of rotatable bonds is 5. The van der Waals surface area contributed by atoms with Crippen molar-refractivity contribution in [3.8, 4) is 17.6 Å². The van der Waals surface area contributed by atoms with Crippen LogP contribution >= 0.6 is 0 Å². The highest BCUT2D eigenvalue weighted by molar-refractivity contribution is 5.98. The third-order valence-corrected chi connectivity index (χ3v) is 4.98. The second-order valence-corrected chi connectivity index (χ2v) is 7.20. The molecule has 35 heavy (non-hydrogen) atoms. The quantitative estimate of drug-likeness (QED) is 0.316. The van der Waals surface area contributed by atoms with Gasteiger partial charge in [0, 0.05) is 17.4 Å². The first-order valence-electron chi connectivity index (χ1n) is 10.1. The summed E-state index contributed by atoms with van der Waals surface area (Å²) >= 11 is 0. The van der Waals surface area contributed by atoms with Gasteiger partial charge in [-0.3, -0.25) is 14.7 Å². The molecule has 0 radical (unpaired) electrons. The number of carbonyl (C=O) groups excluding carboxylic acids is 1. The predicted octanol–water partition coefficient (Wildman–Crippen LogP) is 6.17. The summed E-state index contributed by atoms with van der Waals surface area (Å²) in [5.74, 6) is 3.46. The van der Waals surface area contributed by atoms with E-state index in [4.69, 9.17) is 4.74 Å². The van der Waals surface area contributed by atoms with Crippen LogP contribution in [0.3, 0.4) is 0 Å². The normalized spacial score (nSPS) is 12.3. The van der Waals surface area contributed by atoms with E-state index in [0.29, 0.717) is 10.6 Å². The molecule has 0 aliphatic rings. The fourth-order valence-electron chi connectivity index (χ4n) is 3.42. The topological polar surface area (TPSA) is 42.4 Å². The van der Waals surface area contributed by atoms with Gasteiger partial charge in [0.05, 0.1) is 18.4 Å². The highest BCUT2D eigenvalue weighted by atomic mass is 19.4. The van der Waals surface area contributed by atoms with Crippen LogP contribution in [0, 0.1) is 11.8 Å². The molecule has 0 saturated carbocycles. The van der Waals surface area contributed by atoms with E-state index >= 15 is 0 Å². The Hall–Kier alpha value is -4.00. The van der Waals surface area contributed by atoms with E-state index < -0.39 is 29.9 Å². The molecule has 1 amide bonds. The van der Waals surface area contributed by atoms with Crippen molar-refractivity contribution in [3.05, 3.63) is 89.2 Å². The average Bonchev–Trinajstić information content (AvgIpc) is 2.82. The second-order valence-electron chi connectivity index (χ2n) is 7.20. The first-order valence-corrected chi connectivity index (χ1v) is 10.1. The first kappa shape index (κ1) is 25.6. The molecule has 3 rings (SSSR count). The summed E-state index contributed by atoms with van der Waals surface area (Å²) in [4.78, 5) is 17.4. The smallest absolute Gasteiger partial charge is 0.471 e. The Morgan fingerprint density at radius 2 is 1.60 bits per heavy atom. The van der Waals surface area contributed by atoms with Gasteiger partial charge in [-0.25, -0.2) is 0 Å². The Balaban J connectivity index is 2.31. The van der Waals surface area contributed by atoms with E-state index in [2.05, 4.69) is 16.8 Å². The third kappa shape index (κ3) is 5.74. The maximum absolute atomic E-state index is 13.8. The molecular formula is C25H18F6N2O2. The molecule has 3 aromatic rings. The molecule has 0 fully saturated rings. The number of hydrogen-bond acceptors (Lipinski definition) is 3. The molecule has 182 valence electrons. The number of carbonyl (C=O) groups is 1. The molecule has 1 aromatic heterocycles. The van der Waals surface area contributed by atoms with Gasteiger partial charge in [-0.2, -0.15) is 26.3 Å². The molecule has 0 aliphatic carbocycles. The van der Waals surface area contributed by atoms with E-state index in [9.17, 15) is 31.1 Å². The molecular weight excluding hydrogens is 474 g/mol. The first-order chi connectivity index (χ1) is 16.5. The Labute approximate surface area is 197 Å². The highest BCUT2D eigenvalue weighted by Crippen LogP contribution is 2.38. The fraction of sp³-hybridized carbons (Fsp3) is 0.200. The summed E-state index contributed by atoms with van der Waals surface area (Å²) in [6.45, 7) is 1.51. The number of benzene rings is 2. The number of alkyl halides is 6. The summed E-state index contributed by atoms with van der Waals surface area (Å²) in [5.41, 5.74) is -1.00. The van der Waals surface area contributed by atoms with Crippen LogP contribution in [0.25, 0.3) is 0 Å². The van der Waals surface area contributed by atoms with Crippen molar-refractivity contribution in [3.63, 3.8) is 0 Å². The van der Waals surface area contributed by atoms with Gasteiger partial charge in [0.1, 0.15) is 11.8 Å². The molecule has 0 aliphatic heterocycles. The zero-order chi connectivity index (χ0) is 25.8. The van der Waals surface area contributed by atoms with E-state index in [1.807, 2.05) is 0 Å². The van der Waals surface area contributed by atoms with Crippen molar-refractivity contribution in [1.82, 2.24) is 4.98 Å². The Morgan fingerprint density at radius 1 is 0.971 bits per heavy atom. The number of anilines is 1.